The lowest BCUT2D eigenvalue weighted by Gasteiger charge is -2.30. The Morgan fingerprint density at radius 3 is 2.50 bits per heavy atom. The first-order chi connectivity index (χ1) is 6.33. The highest BCUT2D eigenvalue weighted by atomic mass is 16.5. The fourth-order valence-corrected chi connectivity index (χ4v) is 1.36. The fraction of sp³-hybridized carbons (Fsp3) is 0.818. The number of nitrogens with zero attached hydrogens (tertiary/aromatic N) is 1. The molecule has 0 amide bonds. The quantitative estimate of drug-likeness (QED) is 0.380. The molecule has 0 aromatic heterocycles. The van der Waals surface area contributed by atoms with Gasteiger partial charge in [-0.1, -0.05) is 12.2 Å². The monoisotopic (exact) mass is 202 g/mol. The number of quaternary nitrogens is 1. The first kappa shape index (κ1) is 13.6. The van der Waals surface area contributed by atoms with Gasteiger partial charge in [0.1, 0.15) is 19.2 Å². The van der Waals surface area contributed by atoms with Crippen molar-refractivity contribution < 1.29 is 14.3 Å². The summed E-state index contributed by atoms with van der Waals surface area (Å²) in [6.07, 6.45) is -0.258. The minimum Gasteiger partial charge on any atom is -0.388 e. The van der Waals surface area contributed by atoms with E-state index in [1.165, 1.54) is 0 Å². The van der Waals surface area contributed by atoms with E-state index in [1.807, 2.05) is 13.8 Å². The van der Waals surface area contributed by atoms with Gasteiger partial charge in [0.25, 0.3) is 0 Å². The summed E-state index contributed by atoms with van der Waals surface area (Å²) in [5, 5.41) is 9.26. The van der Waals surface area contributed by atoms with E-state index in [4.69, 9.17) is 4.74 Å². The van der Waals surface area contributed by atoms with E-state index < -0.39 is 0 Å². The molecule has 0 aromatic rings. The molecule has 0 radical (unpaired) electrons. The van der Waals surface area contributed by atoms with Crippen molar-refractivity contribution in [2.24, 2.45) is 0 Å². The Morgan fingerprint density at radius 1 is 1.50 bits per heavy atom. The van der Waals surface area contributed by atoms with E-state index in [0.717, 1.165) is 23.1 Å². The Labute approximate surface area is 87.6 Å². The summed E-state index contributed by atoms with van der Waals surface area (Å²) in [4.78, 5) is 0. The van der Waals surface area contributed by atoms with Crippen molar-refractivity contribution in [1.29, 1.82) is 0 Å². The van der Waals surface area contributed by atoms with Gasteiger partial charge in [0, 0.05) is 0 Å². The van der Waals surface area contributed by atoms with Gasteiger partial charge in [0.15, 0.2) is 0 Å². The van der Waals surface area contributed by atoms with Crippen LogP contribution in [-0.2, 0) is 4.74 Å². The molecule has 3 nitrogen and oxygen atoms in total. The average molecular weight is 202 g/mol. The molecule has 0 saturated carbocycles. The number of aliphatic hydroxyl groups excluding tert-OH is 1. The molecule has 0 aromatic carbocycles. The summed E-state index contributed by atoms with van der Waals surface area (Å²) >= 11 is 0. The number of rotatable bonds is 7. The van der Waals surface area contributed by atoms with Gasteiger partial charge in [0.2, 0.25) is 0 Å². The van der Waals surface area contributed by atoms with Crippen molar-refractivity contribution in [3.8, 4) is 0 Å². The average Bonchev–Trinajstić information content (AvgIpc) is 1.95. The van der Waals surface area contributed by atoms with Gasteiger partial charge in [-0.2, -0.15) is 0 Å². The summed E-state index contributed by atoms with van der Waals surface area (Å²) in [6, 6.07) is 0. The first-order valence-corrected chi connectivity index (χ1v) is 5.06. The third kappa shape index (κ3) is 8.23. The maximum Gasteiger partial charge on any atom is 0.104 e. The minimum absolute atomic E-state index is 0.258. The van der Waals surface area contributed by atoms with E-state index in [9.17, 15) is 5.11 Å². The van der Waals surface area contributed by atoms with Gasteiger partial charge in [-0.15, -0.1) is 0 Å². The van der Waals surface area contributed by atoms with Crippen LogP contribution < -0.4 is 0 Å². The van der Waals surface area contributed by atoms with E-state index >= 15 is 0 Å². The van der Waals surface area contributed by atoms with Crippen molar-refractivity contribution >= 4 is 0 Å². The Bertz CT molecular complexity index is 176. The zero-order valence-electron chi connectivity index (χ0n) is 9.92. The second-order valence-corrected chi connectivity index (χ2v) is 4.70. The predicted molar refractivity (Wildman–Crippen MR) is 59.2 cm³/mol. The number of hydrogen-bond donors (Lipinski definition) is 1. The summed E-state index contributed by atoms with van der Waals surface area (Å²) in [6.45, 7) is 10.6. The number of aliphatic hydroxyl groups is 1. The molecule has 0 rings (SSSR count). The van der Waals surface area contributed by atoms with Crippen molar-refractivity contribution in [3.63, 3.8) is 0 Å². The molecule has 0 aliphatic rings. The van der Waals surface area contributed by atoms with Gasteiger partial charge < -0.3 is 14.3 Å². The van der Waals surface area contributed by atoms with Gasteiger partial charge in [0.05, 0.1) is 27.3 Å². The lowest BCUT2D eigenvalue weighted by Crippen LogP contribution is -2.46. The van der Waals surface area contributed by atoms with Crippen LogP contribution in [0.4, 0.5) is 0 Å². The van der Waals surface area contributed by atoms with Crippen LogP contribution in [0.1, 0.15) is 13.8 Å². The van der Waals surface area contributed by atoms with Crippen LogP contribution in [0.25, 0.3) is 0 Å². The van der Waals surface area contributed by atoms with Crippen molar-refractivity contribution in [2.45, 2.75) is 20.0 Å². The van der Waals surface area contributed by atoms with Crippen molar-refractivity contribution in [1.82, 2.24) is 0 Å². The van der Waals surface area contributed by atoms with Crippen LogP contribution in [-0.4, -0.2) is 56.1 Å². The molecule has 0 spiro atoms. The smallest absolute Gasteiger partial charge is 0.104 e. The molecule has 0 heterocycles. The number of hydrogen-bond acceptors (Lipinski definition) is 2. The third-order valence-corrected chi connectivity index (χ3v) is 1.95. The molecular formula is C11H24NO2+. The molecule has 0 aliphatic heterocycles. The van der Waals surface area contributed by atoms with Gasteiger partial charge >= 0.3 is 0 Å². The lowest BCUT2D eigenvalue weighted by atomic mass is 10.3. The topological polar surface area (TPSA) is 29.5 Å². The van der Waals surface area contributed by atoms with E-state index in [1.54, 1.807) is 0 Å². The number of ether oxygens (including phenoxy) is 1. The predicted octanol–water partition coefficient (Wildman–Crippen LogP) is 1.04. The summed E-state index contributed by atoms with van der Waals surface area (Å²) < 4.78 is 6.20. The Kier molecular flexibility index (Phi) is 6.00. The maximum absolute atomic E-state index is 9.26. The maximum atomic E-state index is 9.26. The van der Waals surface area contributed by atoms with Crippen LogP contribution in [0.5, 0.6) is 0 Å². The molecule has 14 heavy (non-hydrogen) atoms. The normalized spacial score (nSPS) is 14.1. The minimum atomic E-state index is -0.258. The van der Waals surface area contributed by atoms with Crippen LogP contribution in [0, 0.1) is 0 Å². The molecule has 0 aliphatic carbocycles. The zero-order chi connectivity index (χ0) is 11.2. The Balaban J connectivity index is 3.60. The molecule has 0 bridgehead atoms. The summed E-state index contributed by atoms with van der Waals surface area (Å²) in [5.41, 5.74) is 1.05. The second kappa shape index (κ2) is 6.17. The van der Waals surface area contributed by atoms with Gasteiger partial charge in [-0.3, -0.25) is 0 Å². The molecule has 1 unspecified atom stereocenters. The highest BCUT2D eigenvalue weighted by Crippen LogP contribution is 2.00. The van der Waals surface area contributed by atoms with Crippen molar-refractivity contribution in [2.75, 3.05) is 40.4 Å². The molecule has 3 heteroatoms. The van der Waals surface area contributed by atoms with Crippen LogP contribution in [0.15, 0.2) is 12.2 Å². The van der Waals surface area contributed by atoms with Crippen LogP contribution >= 0.6 is 0 Å². The van der Waals surface area contributed by atoms with Gasteiger partial charge in [-0.25, -0.2) is 0 Å². The highest BCUT2D eigenvalue weighted by molar-refractivity contribution is 4.87. The lowest BCUT2D eigenvalue weighted by molar-refractivity contribution is -0.893. The zero-order valence-corrected chi connectivity index (χ0v) is 9.92. The van der Waals surface area contributed by atoms with E-state index in [0.29, 0.717) is 13.2 Å². The third-order valence-electron chi connectivity index (χ3n) is 1.95. The fourth-order valence-electron chi connectivity index (χ4n) is 1.36. The van der Waals surface area contributed by atoms with E-state index in [2.05, 4.69) is 20.7 Å². The standard InChI is InChI=1S/C11H24NO2/c1-10(2)9-14-7-6-12(4,5)8-11(3)13/h11,13H,1,6-9H2,2-5H3/q+1. The molecule has 1 N–H and O–H groups in total. The molecule has 0 fully saturated rings. The second-order valence-electron chi connectivity index (χ2n) is 4.70. The van der Waals surface area contributed by atoms with E-state index in [-0.39, 0.29) is 6.10 Å². The molecular weight excluding hydrogens is 178 g/mol. The SMILES string of the molecule is C=C(C)COCC[N+](C)(C)CC(C)O. The van der Waals surface area contributed by atoms with Crippen LogP contribution in [0.3, 0.4) is 0 Å². The summed E-state index contributed by atoms with van der Waals surface area (Å²) in [7, 11) is 4.19. The Hall–Kier alpha value is -0.380. The highest BCUT2D eigenvalue weighted by Gasteiger charge is 2.17. The van der Waals surface area contributed by atoms with Crippen molar-refractivity contribution in [3.05, 3.63) is 12.2 Å². The molecule has 0 saturated heterocycles. The largest absolute Gasteiger partial charge is 0.388 e. The molecule has 84 valence electrons. The number of likely N-dealkylation sites (N-methyl/N-ethyl adjacent to an activating group) is 1. The summed E-state index contributed by atoms with van der Waals surface area (Å²) in [5.74, 6) is 0. The van der Waals surface area contributed by atoms with Gasteiger partial charge in [-0.05, 0) is 13.8 Å². The van der Waals surface area contributed by atoms with Crippen LogP contribution in [0.2, 0.25) is 0 Å². The Morgan fingerprint density at radius 2 is 2.07 bits per heavy atom. The molecule has 1 atom stereocenters. The first-order valence-electron chi connectivity index (χ1n) is 5.06.